The molecule has 1 fully saturated rings. The lowest BCUT2D eigenvalue weighted by molar-refractivity contribution is 0.0929. The molecular formula is C23H30N6O. The van der Waals surface area contributed by atoms with Crippen LogP contribution in [0.1, 0.15) is 42.1 Å². The minimum atomic E-state index is -0.233. The molecule has 3 aromatic rings. The van der Waals surface area contributed by atoms with E-state index in [2.05, 4.69) is 35.8 Å². The Bertz CT molecular complexity index is 1050. The van der Waals surface area contributed by atoms with Crippen molar-refractivity contribution in [1.82, 2.24) is 24.8 Å². The van der Waals surface area contributed by atoms with Crippen LogP contribution in [-0.4, -0.2) is 57.4 Å². The highest BCUT2D eigenvalue weighted by Crippen LogP contribution is 2.16. The van der Waals surface area contributed by atoms with E-state index in [0.29, 0.717) is 0 Å². The number of nitrogens with zero attached hydrogens (tertiary/aromatic N) is 5. The first-order chi connectivity index (χ1) is 14.5. The third-order valence-corrected chi connectivity index (χ3v) is 5.15. The third kappa shape index (κ3) is 4.50. The fourth-order valence-corrected chi connectivity index (χ4v) is 3.69. The van der Waals surface area contributed by atoms with Gasteiger partial charge in [0.25, 0.3) is 5.91 Å². The Hall–Kier alpha value is -3.22. The highest BCUT2D eigenvalue weighted by Gasteiger charge is 2.28. The van der Waals surface area contributed by atoms with Gasteiger partial charge in [0.15, 0.2) is 0 Å². The predicted octanol–water partition coefficient (Wildman–Crippen LogP) is 3.18. The average Bonchev–Trinajstić information content (AvgIpc) is 3.39. The van der Waals surface area contributed by atoms with Crippen molar-refractivity contribution in [3.8, 4) is 0 Å². The van der Waals surface area contributed by atoms with Gasteiger partial charge in [-0.15, -0.1) is 0 Å². The van der Waals surface area contributed by atoms with Crippen LogP contribution in [-0.2, 0) is 7.05 Å². The lowest BCUT2D eigenvalue weighted by atomic mass is 10.2. The largest absolute Gasteiger partial charge is 0.353 e. The second-order valence-electron chi connectivity index (χ2n) is 7.21. The fraction of sp³-hybridized carbons (Fsp3) is 0.391. The number of fused-ring (bicyclic) bond motifs is 1. The summed E-state index contributed by atoms with van der Waals surface area (Å²) in [6, 6.07) is 10.0. The van der Waals surface area contributed by atoms with Gasteiger partial charge in [-0.25, -0.2) is 9.97 Å². The molecule has 1 aliphatic heterocycles. The van der Waals surface area contributed by atoms with E-state index in [-0.39, 0.29) is 17.8 Å². The molecule has 30 heavy (non-hydrogen) atoms. The van der Waals surface area contributed by atoms with E-state index in [0.717, 1.165) is 47.5 Å². The predicted molar refractivity (Wildman–Crippen MR) is 121 cm³/mol. The van der Waals surface area contributed by atoms with Crippen LogP contribution in [0.25, 0.3) is 10.9 Å². The summed E-state index contributed by atoms with van der Waals surface area (Å²) in [5.41, 5.74) is 3.00. The molecule has 1 N–H and O–H groups in total. The van der Waals surface area contributed by atoms with Crippen LogP contribution in [0.15, 0.2) is 47.7 Å². The van der Waals surface area contributed by atoms with E-state index < -0.39 is 0 Å². The zero-order valence-corrected chi connectivity index (χ0v) is 18.4. The summed E-state index contributed by atoms with van der Waals surface area (Å²) in [5, 5.41) is 4.01. The first-order valence-electron chi connectivity index (χ1n) is 10.4. The van der Waals surface area contributed by atoms with E-state index in [9.17, 15) is 4.79 Å². The van der Waals surface area contributed by atoms with E-state index >= 15 is 0 Å². The van der Waals surface area contributed by atoms with Gasteiger partial charge in [-0.2, -0.15) is 0 Å². The molecule has 1 saturated heterocycles. The number of amides is 1. The summed E-state index contributed by atoms with van der Waals surface area (Å²) in [6.07, 6.45) is 4.58. The SMILES string of the molecule is CC.CN=C(c1cccn1C)N1CCC(NC(=O)c2ncc3cc(C)ccc3n2)C1. The molecule has 2 aromatic heterocycles. The van der Waals surface area contributed by atoms with Crippen LogP contribution in [0.4, 0.5) is 0 Å². The first kappa shape index (κ1) is 21.5. The van der Waals surface area contributed by atoms with Gasteiger partial charge in [0.2, 0.25) is 5.82 Å². The fourth-order valence-electron chi connectivity index (χ4n) is 3.69. The van der Waals surface area contributed by atoms with Gasteiger partial charge in [-0.3, -0.25) is 9.79 Å². The van der Waals surface area contributed by atoms with E-state index in [4.69, 9.17) is 0 Å². The van der Waals surface area contributed by atoms with Crippen molar-refractivity contribution in [2.75, 3.05) is 20.1 Å². The third-order valence-electron chi connectivity index (χ3n) is 5.15. The van der Waals surface area contributed by atoms with Crippen LogP contribution in [0.3, 0.4) is 0 Å². The van der Waals surface area contributed by atoms with Crippen molar-refractivity contribution < 1.29 is 4.79 Å². The minimum Gasteiger partial charge on any atom is -0.353 e. The molecule has 0 spiro atoms. The van der Waals surface area contributed by atoms with Crippen LogP contribution in [0.5, 0.6) is 0 Å². The highest BCUT2D eigenvalue weighted by atomic mass is 16.2. The normalized spacial score (nSPS) is 16.4. The molecule has 3 heterocycles. The molecule has 7 nitrogen and oxygen atoms in total. The number of hydrogen-bond acceptors (Lipinski definition) is 4. The van der Waals surface area contributed by atoms with Gasteiger partial charge in [0.1, 0.15) is 5.84 Å². The monoisotopic (exact) mass is 406 g/mol. The van der Waals surface area contributed by atoms with Crippen molar-refractivity contribution in [2.24, 2.45) is 12.0 Å². The minimum absolute atomic E-state index is 0.0434. The second-order valence-corrected chi connectivity index (χ2v) is 7.21. The maximum atomic E-state index is 12.7. The highest BCUT2D eigenvalue weighted by molar-refractivity contribution is 5.98. The van der Waals surface area contributed by atoms with Crippen molar-refractivity contribution in [2.45, 2.75) is 33.2 Å². The lowest BCUT2D eigenvalue weighted by Crippen LogP contribution is -2.39. The molecule has 1 aromatic carbocycles. The van der Waals surface area contributed by atoms with E-state index in [1.807, 2.05) is 58.3 Å². The van der Waals surface area contributed by atoms with Crippen LogP contribution >= 0.6 is 0 Å². The van der Waals surface area contributed by atoms with Crippen molar-refractivity contribution in [1.29, 1.82) is 0 Å². The van der Waals surface area contributed by atoms with Gasteiger partial charge >= 0.3 is 0 Å². The quantitative estimate of drug-likeness (QED) is 0.535. The molecule has 0 bridgehead atoms. The molecule has 1 amide bonds. The maximum absolute atomic E-state index is 12.7. The van der Waals surface area contributed by atoms with Crippen LogP contribution in [0, 0.1) is 6.92 Å². The number of carbonyl (C=O) groups is 1. The first-order valence-corrected chi connectivity index (χ1v) is 10.4. The number of hydrogen-bond donors (Lipinski definition) is 1. The Kier molecular flexibility index (Phi) is 6.82. The Labute approximate surface area is 177 Å². The molecule has 0 radical (unpaired) electrons. The zero-order valence-electron chi connectivity index (χ0n) is 18.4. The molecular weight excluding hydrogens is 376 g/mol. The number of aromatic nitrogens is 3. The number of benzene rings is 1. The van der Waals surface area contributed by atoms with Gasteiger partial charge in [-0.1, -0.05) is 25.5 Å². The number of amidine groups is 1. The van der Waals surface area contributed by atoms with Crippen LogP contribution < -0.4 is 5.32 Å². The molecule has 1 unspecified atom stereocenters. The standard InChI is InChI=1S/C21H24N6O.C2H6/c1-14-6-7-17-15(11-14)12-23-19(25-17)21(28)24-16-8-10-27(13-16)20(22-2)18-5-4-9-26(18)3;1-2/h4-7,9,11-12,16H,8,10,13H2,1-3H3,(H,24,28);1-2H3. The lowest BCUT2D eigenvalue weighted by Gasteiger charge is -2.21. The van der Waals surface area contributed by atoms with Crippen molar-refractivity contribution >= 4 is 22.6 Å². The Morgan fingerprint density at radius 1 is 1.27 bits per heavy atom. The number of carbonyl (C=O) groups excluding carboxylic acids is 1. The molecule has 0 aliphatic carbocycles. The number of aliphatic imine (C=N–C) groups is 1. The topological polar surface area (TPSA) is 75.4 Å². The smallest absolute Gasteiger partial charge is 0.289 e. The van der Waals surface area contributed by atoms with Crippen LogP contribution in [0.2, 0.25) is 0 Å². The zero-order chi connectivity index (χ0) is 21.7. The number of likely N-dealkylation sites (tertiary alicyclic amines) is 1. The summed E-state index contributed by atoms with van der Waals surface area (Å²) in [4.78, 5) is 28.0. The molecule has 158 valence electrons. The number of rotatable bonds is 3. The Balaban J connectivity index is 0.00000124. The molecule has 4 rings (SSSR count). The van der Waals surface area contributed by atoms with Gasteiger partial charge < -0.3 is 14.8 Å². The second kappa shape index (κ2) is 9.52. The van der Waals surface area contributed by atoms with Gasteiger partial charge in [0.05, 0.1) is 11.2 Å². The summed E-state index contributed by atoms with van der Waals surface area (Å²) in [6.45, 7) is 7.59. The number of aryl methyl sites for hydroxylation is 2. The number of nitrogens with one attached hydrogen (secondary N) is 1. The summed E-state index contributed by atoms with van der Waals surface area (Å²) in [7, 11) is 3.81. The molecule has 1 aliphatic rings. The Morgan fingerprint density at radius 2 is 2.07 bits per heavy atom. The van der Waals surface area contributed by atoms with Gasteiger partial charge in [0, 0.05) is 51.0 Å². The molecule has 1 atom stereocenters. The van der Waals surface area contributed by atoms with E-state index in [1.54, 1.807) is 13.2 Å². The van der Waals surface area contributed by atoms with Crippen molar-refractivity contribution in [3.63, 3.8) is 0 Å². The van der Waals surface area contributed by atoms with Crippen molar-refractivity contribution in [3.05, 3.63) is 59.8 Å². The molecule has 0 saturated carbocycles. The molecule has 7 heteroatoms. The Morgan fingerprint density at radius 3 is 2.77 bits per heavy atom. The maximum Gasteiger partial charge on any atom is 0.289 e. The summed E-state index contributed by atoms with van der Waals surface area (Å²) < 4.78 is 2.05. The average molecular weight is 407 g/mol. The summed E-state index contributed by atoms with van der Waals surface area (Å²) in [5.74, 6) is 0.923. The summed E-state index contributed by atoms with van der Waals surface area (Å²) >= 11 is 0. The van der Waals surface area contributed by atoms with Gasteiger partial charge in [-0.05, 0) is 37.6 Å². The van der Waals surface area contributed by atoms with E-state index in [1.165, 1.54) is 0 Å².